The van der Waals surface area contributed by atoms with Gasteiger partial charge in [-0.2, -0.15) is 0 Å². The fourth-order valence-electron chi connectivity index (χ4n) is 2.18. The molecule has 2 N–H and O–H groups in total. The predicted octanol–water partition coefficient (Wildman–Crippen LogP) is 4.39. The molecule has 0 aromatic heterocycles. The van der Waals surface area contributed by atoms with Crippen LogP contribution in [0.15, 0.2) is 48.5 Å². The molecule has 0 unspecified atom stereocenters. The number of thiocarbonyl (C=S) groups is 1. The van der Waals surface area contributed by atoms with Gasteiger partial charge in [0.2, 0.25) is 0 Å². The molecule has 2 aromatic carbocycles. The molecule has 0 aliphatic rings. The fraction of sp³-hybridized carbons (Fsp3) is 0.278. The molecule has 0 saturated heterocycles. The van der Waals surface area contributed by atoms with Crippen LogP contribution in [0.5, 0.6) is 0 Å². The first-order chi connectivity index (χ1) is 10.1. The van der Waals surface area contributed by atoms with Crippen LogP contribution in [0.1, 0.15) is 29.5 Å². The quantitative estimate of drug-likeness (QED) is 0.818. The lowest BCUT2D eigenvalue weighted by atomic mass is 10.0. The van der Waals surface area contributed by atoms with Crippen molar-refractivity contribution in [2.75, 3.05) is 11.9 Å². The third-order valence-corrected chi connectivity index (χ3v) is 3.83. The summed E-state index contributed by atoms with van der Waals surface area (Å²) in [4.78, 5) is 0. The van der Waals surface area contributed by atoms with Crippen LogP contribution < -0.4 is 10.6 Å². The number of rotatable bonds is 4. The van der Waals surface area contributed by atoms with Crippen molar-refractivity contribution in [2.45, 2.75) is 26.7 Å². The van der Waals surface area contributed by atoms with E-state index in [9.17, 15) is 0 Å². The zero-order valence-corrected chi connectivity index (χ0v) is 13.6. The predicted molar refractivity (Wildman–Crippen MR) is 95.0 cm³/mol. The highest BCUT2D eigenvalue weighted by atomic mass is 32.1. The van der Waals surface area contributed by atoms with Crippen molar-refractivity contribution < 1.29 is 0 Å². The summed E-state index contributed by atoms with van der Waals surface area (Å²) in [7, 11) is 0. The molecule has 21 heavy (non-hydrogen) atoms. The van der Waals surface area contributed by atoms with Crippen LogP contribution in [0.3, 0.4) is 0 Å². The molecule has 0 saturated carbocycles. The summed E-state index contributed by atoms with van der Waals surface area (Å²) in [6.07, 6.45) is 0. The second-order valence-electron chi connectivity index (χ2n) is 5.47. The number of hydrogen-bond acceptors (Lipinski definition) is 1. The average Bonchev–Trinajstić information content (AvgIpc) is 2.49. The van der Waals surface area contributed by atoms with E-state index in [4.69, 9.17) is 12.2 Å². The van der Waals surface area contributed by atoms with Gasteiger partial charge in [-0.1, -0.05) is 49.4 Å². The standard InChI is InChI=1S/C18H22N2S/c1-13-9-10-14(2)17(11-13)20-18(21)19-12-15(3)16-7-5-4-6-8-16/h4-11,15H,12H2,1-3H3,(H2,19,20,21)/t15-/m1/s1. The van der Waals surface area contributed by atoms with Gasteiger partial charge in [0.25, 0.3) is 0 Å². The van der Waals surface area contributed by atoms with Gasteiger partial charge in [-0.15, -0.1) is 0 Å². The summed E-state index contributed by atoms with van der Waals surface area (Å²) in [5, 5.41) is 7.25. The van der Waals surface area contributed by atoms with Gasteiger partial charge < -0.3 is 10.6 Å². The fourth-order valence-corrected chi connectivity index (χ4v) is 2.38. The zero-order chi connectivity index (χ0) is 15.2. The lowest BCUT2D eigenvalue weighted by molar-refractivity contribution is 0.723. The van der Waals surface area contributed by atoms with Gasteiger partial charge in [0.15, 0.2) is 5.11 Å². The molecule has 0 aliphatic heterocycles. The average molecular weight is 298 g/mol. The first-order valence-corrected chi connectivity index (χ1v) is 7.64. The third-order valence-electron chi connectivity index (χ3n) is 3.58. The number of benzene rings is 2. The minimum absolute atomic E-state index is 0.421. The van der Waals surface area contributed by atoms with Crippen molar-refractivity contribution in [3.63, 3.8) is 0 Å². The van der Waals surface area contributed by atoms with E-state index >= 15 is 0 Å². The molecular formula is C18H22N2S. The van der Waals surface area contributed by atoms with Crippen molar-refractivity contribution in [2.24, 2.45) is 0 Å². The summed E-state index contributed by atoms with van der Waals surface area (Å²) < 4.78 is 0. The number of anilines is 1. The highest BCUT2D eigenvalue weighted by molar-refractivity contribution is 7.80. The van der Waals surface area contributed by atoms with E-state index in [-0.39, 0.29) is 0 Å². The summed E-state index contributed by atoms with van der Waals surface area (Å²) in [6, 6.07) is 16.8. The van der Waals surface area contributed by atoms with Gasteiger partial charge in [0.1, 0.15) is 0 Å². The largest absolute Gasteiger partial charge is 0.362 e. The van der Waals surface area contributed by atoms with Crippen LogP contribution in [-0.4, -0.2) is 11.7 Å². The minimum atomic E-state index is 0.421. The van der Waals surface area contributed by atoms with Crippen molar-refractivity contribution >= 4 is 23.0 Å². The van der Waals surface area contributed by atoms with Crippen LogP contribution in [0.25, 0.3) is 0 Å². The Morgan fingerprint density at radius 1 is 1.10 bits per heavy atom. The SMILES string of the molecule is Cc1ccc(C)c(NC(=S)NC[C@@H](C)c2ccccc2)c1. The molecule has 1 atom stereocenters. The Morgan fingerprint density at radius 3 is 2.52 bits per heavy atom. The van der Waals surface area contributed by atoms with Crippen LogP contribution in [-0.2, 0) is 0 Å². The number of nitrogens with one attached hydrogen (secondary N) is 2. The molecule has 2 nitrogen and oxygen atoms in total. The van der Waals surface area contributed by atoms with Crippen molar-refractivity contribution in [1.29, 1.82) is 0 Å². The second kappa shape index (κ2) is 7.23. The molecule has 0 aliphatic carbocycles. The van der Waals surface area contributed by atoms with Crippen LogP contribution in [0.4, 0.5) is 5.69 Å². The summed E-state index contributed by atoms with van der Waals surface area (Å²) in [5.41, 5.74) is 4.81. The molecule has 0 fully saturated rings. The normalized spacial score (nSPS) is 11.8. The Bertz CT molecular complexity index is 608. The maximum atomic E-state index is 5.39. The molecule has 0 heterocycles. The van der Waals surface area contributed by atoms with E-state index in [1.165, 1.54) is 16.7 Å². The van der Waals surface area contributed by atoms with E-state index in [1.54, 1.807) is 0 Å². The number of hydrogen-bond donors (Lipinski definition) is 2. The Labute approximate surface area is 132 Å². The maximum absolute atomic E-state index is 5.39. The van der Waals surface area contributed by atoms with Gasteiger partial charge in [-0.3, -0.25) is 0 Å². The highest BCUT2D eigenvalue weighted by Crippen LogP contribution is 2.16. The Morgan fingerprint density at radius 2 is 1.81 bits per heavy atom. The highest BCUT2D eigenvalue weighted by Gasteiger charge is 2.06. The van der Waals surface area contributed by atoms with Gasteiger partial charge >= 0.3 is 0 Å². The first kappa shape index (κ1) is 15.5. The molecule has 0 spiro atoms. The minimum Gasteiger partial charge on any atom is -0.362 e. The van der Waals surface area contributed by atoms with E-state index < -0.39 is 0 Å². The third kappa shape index (κ3) is 4.57. The topological polar surface area (TPSA) is 24.1 Å². The van der Waals surface area contributed by atoms with Crippen LogP contribution in [0, 0.1) is 13.8 Å². The molecule has 0 amide bonds. The Kier molecular flexibility index (Phi) is 5.34. The molecule has 110 valence electrons. The van der Waals surface area contributed by atoms with Crippen LogP contribution in [0.2, 0.25) is 0 Å². The molecule has 3 heteroatoms. The molecular weight excluding hydrogens is 276 g/mol. The van der Waals surface area contributed by atoms with E-state index in [0.29, 0.717) is 11.0 Å². The van der Waals surface area contributed by atoms with Gasteiger partial charge in [0.05, 0.1) is 0 Å². The summed E-state index contributed by atoms with van der Waals surface area (Å²) in [5.74, 6) is 0.421. The van der Waals surface area contributed by atoms with Gasteiger partial charge in [-0.25, -0.2) is 0 Å². The van der Waals surface area contributed by atoms with Crippen LogP contribution >= 0.6 is 12.2 Å². The smallest absolute Gasteiger partial charge is 0.170 e. The van der Waals surface area contributed by atoms with E-state index in [1.807, 2.05) is 6.07 Å². The van der Waals surface area contributed by atoms with Gasteiger partial charge in [0, 0.05) is 12.2 Å². The molecule has 0 bridgehead atoms. The number of aryl methyl sites for hydroxylation is 2. The summed E-state index contributed by atoms with van der Waals surface area (Å²) >= 11 is 5.39. The van der Waals surface area contributed by atoms with E-state index in [2.05, 4.69) is 73.9 Å². The first-order valence-electron chi connectivity index (χ1n) is 7.23. The zero-order valence-electron chi connectivity index (χ0n) is 12.8. The van der Waals surface area contributed by atoms with Crippen molar-refractivity contribution in [3.05, 3.63) is 65.2 Å². The second-order valence-corrected chi connectivity index (χ2v) is 5.87. The lowest BCUT2D eigenvalue weighted by Gasteiger charge is -2.16. The Hall–Kier alpha value is -1.87. The van der Waals surface area contributed by atoms with Crippen molar-refractivity contribution in [1.82, 2.24) is 5.32 Å². The van der Waals surface area contributed by atoms with Gasteiger partial charge in [-0.05, 0) is 54.7 Å². The lowest BCUT2D eigenvalue weighted by Crippen LogP contribution is -2.31. The van der Waals surface area contributed by atoms with Crippen molar-refractivity contribution in [3.8, 4) is 0 Å². The monoisotopic (exact) mass is 298 g/mol. The maximum Gasteiger partial charge on any atom is 0.170 e. The summed E-state index contributed by atoms with van der Waals surface area (Å²) in [6.45, 7) is 7.18. The van der Waals surface area contributed by atoms with E-state index in [0.717, 1.165) is 12.2 Å². The molecule has 2 rings (SSSR count). The molecule has 0 radical (unpaired) electrons. The molecule has 2 aromatic rings. The Balaban J connectivity index is 1.89.